The Bertz CT molecular complexity index is 359. The lowest BCUT2D eigenvalue weighted by Gasteiger charge is -2.20. The maximum absolute atomic E-state index is 11.3. The number of rotatable bonds is 1. The Hall–Kier alpha value is -1.36. The molecule has 0 saturated carbocycles. The molecule has 5 nitrogen and oxygen atoms in total. The van der Waals surface area contributed by atoms with Crippen LogP contribution >= 0.6 is 0 Å². The predicted molar refractivity (Wildman–Crippen MR) is 47.8 cm³/mol. The largest absolute Gasteiger partial charge is 0.463 e. The minimum Gasteiger partial charge on any atom is -0.463 e. The molecule has 2 rings (SSSR count). The number of imidazole rings is 1. The highest BCUT2D eigenvalue weighted by Crippen LogP contribution is 2.25. The SMILES string of the molecule is COC(=O)c1ncc2n1CCC[C@@H]2O. The second-order valence-electron chi connectivity index (χ2n) is 3.31. The molecular formula is C9H12N2O3. The Morgan fingerprint density at radius 3 is 3.29 bits per heavy atom. The zero-order chi connectivity index (χ0) is 10.1. The molecule has 1 aromatic heterocycles. The van der Waals surface area contributed by atoms with Crippen LogP contribution in [0.5, 0.6) is 0 Å². The summed E-state index contributed by atoms with van der Waals surface area (Å²) >= 11 is 0. The van der Waals surface area contributed by atoms with Crippen LogP contribution in [0.2, 0.25) is 0 Å². The standard InChI is InChI=1S/C9H12N2O3/c1-14-9(13)8-10-5-6-7(12)3-2-4-11(6)8/h5,7,12H,2-4H2,1H3/t7-/m0/s1. The number of methoxy groups -OCH3 is 1. The molecule has 14 heavy (non-hydrogen) atoms. The van der Waals surface area contributed by atoms with Crippen LogP contribution in [-0.2, 0) is 11.3 Å². The number of fused-ring (bicyclic) bond motifs is 1. The van der Waals surface area contributed by atoms with Gasteiger partial charge in [-0.1, -0.05) is 0 Å². The van der Waals surface area contributed by atoms with E-state index in [1.807, 2.05) is 0 Å². The van der Waals surface area contributed by atoms with Crippen LogP contribution in [0.25, 0.3) is 0 Å². The number of hydrogen-bond donors (Lipinski definition) is 1. The summed E-state index contributed by atoms with van der Waals surface area (Å²) in [4.78, 5) is 15.2. The first kappa shape index (κ1) is 9.21. The van der Waals surface area contributed by atoms with Crippen molar-refractivity contribution >= 4 is 5.97 Å². The van der Waals surface area contributed by atoms with E-state index in [0.29, 0.717) is 5.69 Å². The Kier molecular flexibility index (Phi) is 2.25. The topological polar surface area (TPSA) is 64.3 Å². The van der Waals surface area contributed by atoms with E-state index in [2.05, 4.69) is 9.72 Å². The van der Waals surface area contributed by atoms with Gasteiger partial charge in [-0.25, -0.2) is 9.78 Å². The van der Waals surface area contributed by atoms with Crippen molar-refractivity contribution in [2.75, 3.05) is 7.11 Å². The molecule has 76 valence electrons. The van der Waals surface area contributed by atoms with Gasteiger partial charge in [0.1, 0.15) is 0 Å². The molecule has 2 heterocycles. The number of ether oxygens (including phenoxy) is 1. The number of aliphatic hydroxyl groups excluding tert-OH is 1. The van der Waals surface area contributed by atoms with E-state index in [0.717, 1.165) is 19.4 Å². The molecule has 0 aliphatic carbocycles. The van der Waals surface area contributed by atoms with Crippen LogP contribution in [0.4, 0.5) is 0 Å². The van der Waals surface area contributed by atoms with Crippen LogP contribution in [-0.4, -0.2) is 27.7 Å². The molecule has 1 aliphatic heterocycles. The molecule has 0 spiro atoms. The Morgan fingerprint density at radius 2 is 2.57 bits per heavy atom. The van der Waals surface area contributed by atoms with E-state index >= 15 is 0 Å². The molecule has 0 aromatic carbocycles. The summed E-state index contributed by atoms with van der Waals surface area (Å²) in [6.45, 7) is 0.719. The molecule has 0 radical (unpaired) electrons. The molecule has 0 unspecified atom stereocenters. The van der Waals surface area contributed by atoms with Crippen LogP contribution in [0, 0.1) is 0 Å². The van der Waals surface area contributed by atoms with Crippen molar-refractivity contribution in [3.8, 4) is 0 Å². The highest BCUT2D eigenvalue weighted by molar-refractivity contribution is 5.85. The molecular weight excluding hydrogens is 184 g/mol. The molecule has 1 aromatic rings. The van der Waals surface area contributed by atoms with Gasteiger partial charge in [0, 0.05) is 6.54 Å². The van der Waals surface area contributed by atoms with Gasteiger partial charge in [0.2, 0.25) is 5.82 Å². The Labute approximate surface area is 81.3 Å². The van der Waals surface area contributed by atoms with E-state index in [1.165, 1.54) is 13.3 Å². The van der Waals surface area contributed by atoms with Gasteiger partial charge >= 0.3 is 5.97 Å². The fourth-order valence-electron chi connectivity index (χ4n) is 1.73. The third kappa shape index (κ3) is 1.29. The number of nitrogens with zero attached hydrogens (tertiary/aromatic N) is 2. The van der Waals surface area contributed by atoms with E-state index < -0.39 is 12.1 Å². The number of carbonyl (C=O) groups excluding carboxylic acids is 1. The molecule has 0 fully saturated rings. The molecule has 1 atom stereocenters. The van der Waals surface area contributed by atoms with E-state index in [-0.39, 0.29) is 5.82 Å². The normalized spacial score (nSPS) is 20.3. The predicted octanol–water partition coefficient (Wildman–Crippen LogP) is 0.497. The third-order valence-corrected chi connectivity index (χ3v) is 2.46. The lowest BCUT2D eigenvalue weighted by atomic mass is 10.1. The Morgan fingerprint density at radius 1 is 1.79 bits per heavy atom. The van der Waals surface area contributed by atoms with Gasteiger partial charge < -0.3 is 14.4 Å². The summed E-state index contributed by atoms with van der Waals surface area (Å²) in [6.07, 6.45) is 2.62. The maximum atomic E-state index is 11.3. The van der Waals surface area contributed by atoms with Crippen molar-refractivity contribution in [3.63, 3.8) is 0 Å². The van der Waals surface area contributed by atoms with Crippen molar-refractivity contribution in [2.45, 2.75) is 25.5 Å². The number of esters is 1. The third-order valence-electron chi connectivity index (χ3n) is 2.46. The highest BCUT2D eigenvalue weighted by Gasteiger charge is 2.24. The monoisotopic (exact) mass is 196 g/mol. The van der Waals surface area contributed by atoms with Crippen LogP contribution in [0.15, 0.2) is 6.20 Å². The van der Waals surface area contributed by atoms with E-state index in [1.54, 1.807) is 4.57 Å². The summed E-state index contributed by atoms with van der Waals surface area (Å²) in [5.74, 6) is -0.174. The fraction of sp³-hybridized carbons (Fsp3) is 0.556. The lowest BCUT2D eigenvalue weighted by Crippen LogP contribution is -2.19. The molecule has 5 heteroatoms. The quantitative estimate of drug-likeness (QED) is 0.664. The highest BCUT2D eigenvalue weighted by atomic mass is 16.5. The van der Waals surface area contributed by atoms with E-state index in [4.69, 9.17) is 0 Å². The lowest BCUT2D eigenvalue weighted by molar-refractivity contribution is 0.0575. The zero-order valence-corrected chi connectivity index (χ0v) is 7.93. The molecule has 0 saturated heterocycles. The number of aliphatic hydroxyl groups is 1. The number of aromatic nitrogens is 2. The van der Waals surface area contributed by atoms with Gasteiger partial charge in [-0.3, -0.25) is 0 Å². The summed E-state index contributed by atoms with van der Waals surface area (Å²) in [5.41, 5.74) is 0.705. The van der Waals surface area contributed by atoms with Gasteiger partial charge in [-0.2, -0.15) is 0 Å². The minimum absolute atomic E-state index is 0.279. The number of carbonyl (C=O) groups is 1. The van der Waals surface area contributed by atoms with Crippen molar-refractivity contribution < 1.29 is 14.6 Å². The van der Waals surface area contributed by atoms with Gasteiger partial charge in [0.15, 0.2) is 0 Å². The van der Waals surface area contributed by atoms with E-state index in [9.17, 15) is 9.90 Å². The minimum atomic E-state index is -0.505. The van der Waals surface area contributed by atoms with Gasteiger partial charge in [0.05, 0.1) is 25.1 Å². The first-order valence-electron chi connectivity index (χ1n) is 4.56. The fourth-order valence-corrected chi connectivity index (χ4v) is 1.73. The first-order valence-corrected chi connectivity index (χ1v) is 4.56. The van der Waals surface area contributed by atoms with Crippen molar-refractivity contribution in [1.82, 2.24) is 9.55 Å². The van der Waals surface area contributed by atoms with Gasteiger partial charge in [-0.15, -0.1) is 0 Å². The average Bonchev–Trinajstić information content (AvgIpc) is 2.62. The number of hydrogen-bond acceptors (Lipinski definition) is 4. The molecule has 0 bridgehead atoms. The maximum Gasteiger partial charge on any atom is 0.374 e. The smallest absolute Gasteiger partial charge is 0.374 e. The van der Waals surface area contributed by atoms with Crippen molar-refractivity contribution in [2.24, 2.45) is 0 Å². The van der Waals surface area contributed by atoms with Crippen LogP contribution in [0.1, 0.15) is 35.3 Å². The Balaban J connectivity index is 2.40. The van der Waals surface area contributed by atoms with Crippen LogP contribution in [0.3, 0.4) is 0 Å². The molecule has 1 aliphatic rings. The van der Waals surface area contributed by atoms with Gasteiger partial charge in [-0.05, 0) is 12.8 Å². The molecule has 1 N–H and O–H groups in total. The summed E-state index contributed by atoms with van der Waals surface area (Å²) < 4.78 is 6.31. The average molecular weight is 196 g/mol. The second-order valence-corrected chi connectivity index (χ2v) is 3.31. The van der Waals surface area contributed by atoms with Gasteiger partial charge in [0.25, 0.3) is 0 Å². The van der Waals surface area contributed by atoms with Crippen LogP contribution < -0.4 is 0 Å². The van der Waals surface area contributed by atoms with Crippen molar-refractivity contribution in [1.29, 1.82) is 0 Å². The molecule has 0 amide bonds. The summed E-state index contributed by atoms with van der Waals surface area (Å²) in [6, 6.07) is 0. The van der Waals surface area contributed by atoms with Crippen molar-refractivity contribution in [3.05, 3.63) is 17.7 Å². The second kappa shape index (κ2) is 3.42. The summed E-state index contributed by atoms with van der Waals surface area (Å²) in [5, 5.41) is 9.62. The zero-order valence-electron chi connectivity index (χ0n) is 7.93. The first-order chi connectivity index (χ1) is 6.74. The summed E-state index contributed by atoms with van der Waals surface area (Å²) in [7, 11) is 1.32.